The Bertz CT molecular complexity index is 557. The van der Waals surface area contributed by atoms with Gasteiger partial charge in [0.15, 0.2) is 0 Å². The lowest BCUT2D eigenvalue weighted by Crippen LogP contribution is -2.30. The number of halogens is 1. The van der Waals surface area contributed by atoms with Crippen LogP contribution in [0.5, 0.6) is 0 Å². The number of rotatable bonds is 3. The first-order valence-corrected chi connectivity index (χ1v) is 6.94. The molecule has 1 aromatic heterocycles. The summed E-state index contributed by atoms with van der Waals surface area (Å²) in [4.78, 5) is 16.2. The van der Waals surface area contributed by atoms with Crippen LogP contribution < -0.4 is 5.32 Å². The van der Waals surface area contributed by atoms with Crippen LogP contribution in [0.3, 0.4) is 0 Å². The molecule has 0 bridgehead atoms. The van der Waals surface area contributed by atoms with Gasteiger partial charge in [-0.3, -0.25) is 9.78 Å². The first kappa shape index (κ1) is 16.6. The van der Waals surface area contributed by atoms with E-state index in [4.69, 9.17) is 5.26 Å². The minimum absolute atomic E-state index is 0.111. The lowest BCUT2D eigenvalue weighted by Gasteiger charge is -2.25. The second-order valence-electron chi connectivity index (χ2n) is 5.86. The molecule has 108 valence electrons. The molecule has 1 unspecified atom stereocenters. The van der Waals surface area contributed by atoms with E-state index in [-0.39, 0.29) is 18.0 Å². The van der Waals surface area contributed by atoms with E-state index in [2.05, 4.69) is 26.2 Å². The molecule has 0 spiro atoms. The van der Waals surface area contributed by atoms with E-state index < -0.39 is 11.0 Å². The van der Waals surface area contributed by atoms with Crippen LogP contribution in [0.2, 0.25) is 0 Å². The molecule has 6 heteroatoms. The van der Waals surface area contributed by atoms with Gasteiger partial charge in [0.1, 0.15) is 5.60 Å². The highest BCUT2D eigenvalue weighted by Gasteiger charge is 2.30. The van der Waals surface area contributed by atoms with Gasteiger partial charge in [-0.1, -0.05) is 20.8 Å². The van der Waals surface area contributed by atoms with Crippen LogP contribution in [-0.2, 0) is 10.4 Å². The molecular weight excluding hydrogens is 322 g/mol. The Labute approximate surface area is 127 Å². The van der Waals surface area contributed by atoms with Crippen LogP contribution in [0.25, 0.3) is 0 Å². The van der Waals surface area contributed by atoms with Crippen LogP contribution in [0.4, 0.5) is 5.69 Å². The number of carbonyl (C=O) groups excluding carboxylic acids is 1. The van der Waals surface area contributed by atoms with Crippen LogP contribution in [0.15, 0.2) is 16.7 Å². The van der Waals surface area contributed by atoms with Crippen molar-refractivity contribution in [3.63, 3.8) is 0 Å². The Hall–Kier alpha value is -1.45. The number of carbonyl (C=O) groups is 1. The summed E-state index contributed by atoms with van der Waals surface area (Å²) < 4.78 is 0.679. The Morgan fingerprint density at radius 1 is 1.50 bits per heavy atom. The van der Waals surface area contributed by atoms with E-state index in [1.807, 2.05) is 6.07 Å². The van der Waals surface area contributed by atoms with Gasteiger partial charge in [0.05, 0.1) is 23.9 Å². The Kier molecular flexibility index (Phi) is 4.90. The standard InChI is InChI=1S/C14H18BrN3O2/c1-13(2,3)12(19)18-10-7-9(15)8-17-11(10)14(4,20)5-6-16/h7-8,20H,5H2,1-4H3,(H,18,19). The average Bonchev–Trinajstić information content (AvgIpc) is 2.27. The molecule has 0 aromatic carbocycles. The lowest BCUT2D eigenvalue weighted by molar-refractivity contribution is -0.123. The summed E-state index contributed by atoms with van der Waals surface area (Å²) in [5.74, 6) is -0.189. The van der Waals surface area contributed by atoms with Crippen molar-refractivity contribution in [2.75, 3.05) is 5.32 Å². The maximum Gasteiger partial charge on any atom is 0.229 e. The van der Waals surface area contributed by atoms with Crippen molar-refractivity contribution in [1.82, 2.24) is 4.98 Å². The molecule has 1 rings (SSSR count). The van der Waals surface area contributed by atoms with Crippen molar-refractivity contribution in [2.45, 2.75) is 39.7 Å². The monoisotopic (exact) mass is 339 g/mol. The summed E-state index contributed by atoms with van der Waals surface area (Å²) in [6.07, 6.45) is 1.41. The molecule has 0 saturated carbocycles. The fourth-order valence-corrected chi connectivity index (χ4v) is 1.84. The molecular formula is C14H18BrN3O2. The molecule has 0 saturated heterocycles. The number of amides is 1. The quantitative estimate of drug-likeness (QED) is 0.886. The predicted molar refractivity (Wildman–Crippen MR) is 79.8 cm³/mol. The molecule has 1 amide bonds. The smallest absolute Gasteiger partial charge is 0.229 e. The zero-order valence-corrected chi connectivity index (χ0v) is 13.6. The fourth-order valence-electron chi connectivity index (χ4n) is 1.51. The number of aliphatic hydroxyl groups is 1. The van der Waals surface area contributed by atoms with Crippen LogP contribution in [0, 0.1) is 16.7 Å². The highest BCUT2D eigenvalue weighted by Crippen LogP contribution is 2.31. The molecule has 0 aliphatic rings. The molecule has 1 atom stereocenters. The minimum atomic E-state index is -1.42. The highest BCUT2D eigenvalue weighted by atomic mass is 79.9. The Morgan fingerprint density at radius 2 is 2.10 bits per heavy atom. The van der Waals surface area contributed by atoms with Crippen molar-refractivity contribution in [3.8, 4) is 6.07 Å². The maximum atomic E-state index is 12.1. The third-order valence-electron chi connectivity index (χ3n) is 2.72. The maximum absolute atomic E-state index is 12.1. The van der Waals surface area contributed by atoms with Crippen LogP contribution in [0.1, 0.15) is 39.8 Å². The molecule has 1 aromatic rings. The number of aromatic nitrogens is 1. The van der Waals surface area contributed by atoms with E-state index in [9.17, 15) is 9.90 Å². The van der Waals surface area contributed by atoms with Crippen molar-refractivity contribution >= 4 is 27.5 Å². The fraction of sp³-hybridized carbons (Fsp3) is 0.500. The van der Waals surface area contributed by atoms with Gasteiger partial charge in [0.2, 0.25) is 5.91 Å². The normalized spacial score (nSPS) is 14.2. The minimum Gasteiger partial charge on any atom is -0.383 e. The van der Waals surface area contributed by atoms with Gasteiger partial charge in [0, 0.05) is 16.1 Å². The van der Waals surface area contributed by atoms with E-state index in [1.165, 1.54) is 13.1 Å². The van der Waals surface area contributed by atoms with Gasteiger partial charge in [0.25, 0.3) is 0 Å². The number of pyridine rings is 1. The number of nitriles is 1. The predicted octanol–water partition coefficient (Wildman–Crippen LogP) is 2.95. The number of nitrogens with one attached hydrogen (secondary N) is 1. The second kappa shape index (κ2) is 5.90. The number of anilines is 1. The number of hydrogen-bond donors (Lipinski definition) is 2. The summed E-state index contributed by atoms with van der Waals surface area (Å²) >= 11 is 3.28. The van der Waals surface area contributed by atoms with Crippen molar-refractivity contribution < 1.29 is 9.90 Å². The van der Waals surface area contributed by atoms with E-state index in [0.717, 1.165) is 0 Å². The SMILES string of the molecule is CC(C)(C)C(=O)Nc1cc(Br)cnc1C(C)(O)CC#N. The Balaban J connectivity index is 3.22. The van der Waals surface area contributed by atoms with Gasteiger partial charge >= 0.3 is 0 Å². The number of hydrogen-bond acceptors (Lipinski definition) is 4. The molecule has 0 fully saturated rings. The van der Waals surface area contributed by atoms with Crippen molar-refractivity contribution in [1.29, 1.82) is 5.26 Å². The molecule has 2 N–H and O–H groups in total. The van der Waals surface area contributed by atoms with E-state index >= 15 is 0 Å². The van der Waals surface area contributed by atoms with E-state index in [1.54, 1.807) is 26.8 Å². The van der Waals surface area contributed by atoms with Crippen molar-refractivity contribution in [2.24, 2.45) is 5.41 Å². The first-order valence-electron chi connectivity index (χ1n) is 6.15. The topological polar surface area (TPSA) is 86.0 Å². The summed E-state index contributed by atoms with van der Waals surface area (Å²) in [5, 5.41) is 21.9. The first-order chi connectivity index (χ1) is 9.08. The summed E-state index contributed by atoms with van der Waals surface area (Å²) in [7, 11) is 0. The van der Waals surface area contributed by atoms with E-state index in [0.29, 0.717) is 10.2 Å². The number of nitrogens with zero attached hydrogens (tertiary/aromatic N) is 2. The molecule has 20 heavy (non-hydrogen) atoms. The summed E-state index contributed by atoms with van der Waals surface area (Å²) in [5.41, 5.74) is -1.31. The third kappa shape index (κ3) is 4.02. The third-order valence-corrected chi connectivity index (χ3v) is 3.15. The molecule has 5 nitrogen and oxygen atoms in total. The van der Waals surface area contributed by atoms with Gasteiger partial charge in [-0.25, -0.2) is 0 Å². The summed E-state index contributed by atoms with van der Waals surface area (Å²) in [6, 6.07) is 3.58. The molecule has 1 heterocycles. The van der Waals surface area contributed by atoms with Crippen LogP contribution >= 0.6 is 15.9 Å². The largest absolute Gasteiger partial charge is 0.383 e. The molecule has 0 radical (unpaired) electrons. The van der Waals surface area contributed by atoms with Gasteiger partial charge in [-0.05, 0) is 28.9 Å². The zero-order valence-electron chi connectivity index (χ0n) is 12.0. The lowest BCUT2D eigenvalue weighted by atomic mass is 9.94. The second-order valence-corrected chi connectivity index (χ2v) is 6.78. The summed E-state index contributed by atoms with van der Waals surface area (Å²) in [6.45, 7) is 6.88. The molecule has 0 aliphatic heterocycles. The molecule has 0 aliphatic carbocycles. The van der Waals surface area contributed by atoms with Gasteiger partial charge < -0.3 is 10.4 Å². The highest BCUT2D eigenvalue weighted by molar-refractivity contribution is 9.10. The Morgan fingerprint density at radius 3 is 2.60 bits per heavy atom. The van der Waals surface area contributed by atoms with Gasteiger partial charge in [-0.15, -0.1) is 0 Å². The van der Waals surface area contributed by atoms with Gasteiger partial charge in [-0.2, -0.15) is 5.26 Å². The zero-order chi connectivity index (χ0) is 15.6. The van der Waals surface area contributed by atoms with Crippen molar-refractivity contribution in [3.05, 3.63) is 22.4 Å². The van der Waals surface area contributed by atoms with Crippen LogP contribution in [-0.4, -0.2) is 16.0 Å². The average molecular weight is 340 g/mol.